The summed E-state index contributed by atoms with van der Waals surface area (Å²) in [6.07, 6.45) is 0.109. The van der Waals surface area contributed by atoms with Crippen molar-refractivity contribution in [3.8, 4) is 11.4 Å². The smallest absolute Gasteiger partial charge is 0.408 e. The third-order valence-corrected chi connectivity index (χ3v) is 9.88. The number of nitrogens with two attached hydrogens (primary N) is 2. The molecule has 0 spiro atoms. The van der Waals surface area contributed by atoms with Crippen molar-refractivity contribution in [1.82, 2.24) is 51.9 Å². The van der Waals surface area contributed by atoms with Crippen molar-refractivity contribution < 1.29 is 43.0 Å². The van der Waals surface area contributed by atoms with E-state index in [4.69, 9.17) is 16.2 Å². The molecule has 21 nitrogen and oxygen atoms in total. The molecule has 2 heterocycles. The van der Waals surface area contributed by atoms with Crippen molar-refractivity contribution in [1.29, 1.82) is 0 Å². The first-order valence-corrected chi connectivity index (χ1v) is 20.6. The number of alkyl carbamates (subject to hydrolysis) is 1. The largest absolute Gasteiger partial charge is 0.480 e. The molecular formula is C43H52FN13O8. The number of benzene rings is 3. The second-order valence-electron chi connectivity index (χ2n) is 16.4. The number of tetrazole rings is 1. The number of nitrogen functional groups attached to an aromatic ring is 2. The van der Waals surface area contributed by atoms with Crippen molar-refractivity contribution in [2.45, 2.75) is 91.0 Å². The Morgan fingerprint density at radius 1 is 0.877 bits per heavy atom. The third kappa shape index (κ3) is 13.1. The molecule has 0 aliphatic rings. The first kappa shape index (κ1) is 48.3. The molecule has 3 atom stereocenters. The minimum absolute atomic E-state index is 0.0225. The van der Waals surface area contributed by atoms with Crippen molar-refractivity contribution in [2.75, 3.05) is 23.3 Å². The van der Waals surface area contributed by atoms with Crippen LogP contribution in [0.15, 0.2) is 54.6 Å². The van der Waals surface area contributed by atoms with Crippen LogP contribution in [-0.2, 0) is 32.0 Å². The van der Waals surface area contributed by atoms with E-state index in [1.54, 1.807) is 71.0 Å². The van der Waals surface area contributed by atoms with Crippen LogP contribution in [0.1, 0.15) is 86.2 Å². The average Bonchev–Trinajstić information content (AvgIpc) is 3.78. The van der Waals surface area contributed by atoms with Crippen LogP contribution in [0.4, 0.5) is 26.6 Å². The maximum atomic E-state index is 15.2. The van der Waals surface area contributed by atoms with Crippen LogP contribution in [0.5, 0.6) is 0 Å². The van der Waals surface area contributed by atoms with E-state index in [-0.39, 0.29) is 70.7 Å². The molecule has 5 aromatic rings. The number of carbonyl (C=O) groups is 6. The molecule has 22 heteroatoms. The number of fused-ring (bicyclic) bond motifs is 1. The summed E-state index contributed by atoms with van der Waals surface area (Å²) in [6, 6.07) is 10.7. The molecule has 5 amide bonds. The quantitative estimate of drug-likeness (QED) is 0.0570. The highest BCUT2D eigenvalue weighted by Gasteiger charge is 2.29. The summed E-state index contributed by atoms with van der Waals surface area (Å²) in [5.41, 5.74) is 13.0. The summed E-state index contributed by atoms with van der Waals surface area (Å²) in [5.74, 6) is -4.60. The maximum absolute atomic E-state index is 15.2. The lowest BCUT2D eigenvalue weighted by Crippen LogP contribution is -2.54. The Morgan fingerprint density at radius 3 is 2.25 bits per heavy atom. The van der Waals surface area contributed by atoms with Gasteiger partial charge >= 0.3 is 12.1 Å². The summed E-state index contributed by atoms with van der Waals surface area (Å²) < 4.78 is 20.5. The number of carbonyl (C=O) groups excluding carboxylic acids is 5. The fourth-order valence-electron chi connectivity index (χ4n) is 6.54. The van der Waals surface area contributed by atoms with E-state index in [0.29, 0.717) is 23.9 Å². The van der Waals surface area contributed by atoms with E-state index in [9.17, 15) is 33.9 Å². The van der Waals surface area contributed by atoms with E-state index in [2.05, 4.69) is 57.2 Å². The predicted octanol–water partition coefficient (Wildman–Crippen LogP) is 3.28. The van der Waals surface area contributed by atoms with Gasteiger partial charge in [0.15, 0.2) is 0 Å². The summed E-state index contributed by atoms with van der Waals surface area (Å²) >= 11 is 0. The number of carboxylic acid groups (broad SMARTS) is 1. The first-order chi connectivity index (χ1) is 30.7. The summed E-state index contributed by atoms with van der Waals surface area (Å²) in [4.78, 5) is 85.0. The minimum atomic E-state index is -1.27. The van der Waals surface area contributed by atoms with Crippen LogP contribution < -0.4 is 38.1 Å². The monoisotopic (exact) mass is 897 g/mol. The number of nitrogens with one attached hydrogen (secondary N) is 6. The molecule has 0 aliphatic carbocycles. The molecule has 0 saturated carbocycles. The predicted molar refractivity (Wildman–Crippen MR) is 236 cm³/mol. The number of halogens is 1. The normalized spacial score (nSPS) is 12.7. The zero-order valence-electron chi connectivity index (χ0n) is 36.6. The van der Waals surface area contributed by atoms with Crippen LogP contribution >= 0.6 is 0 Å². The Bertz CT molecular complexity index is 2550. The molecule has 0 bridgehead atoms. The molecule has 5 rings (SSSR count). The standard InChI is InChI=1S/C43H52FN13O8/c1-21(2)33(52-42(64)65-43(4,5)6)39(61)48-22(3)36(58)49-26-16-17-27(28(20-26)35-54-56-57-55-35)38(60)47-19-7-8-30(40(62)63)50-37(59)25-13-10-23(11-14-25)9-12-24-15-18-29-31(32(24)44)34(45)53-41(46)51-29/h10-11,13-18,20-22,30,33H,7-9,12,19H2,1-6H3,(H,47,60)(H,48,61)(H,49,58)(H,50,59)(H,52,64)(H,62,63)(H4,45,46,51,53)(H,54,55,56,57). The Morgan fingerprint density at radius 2 is 1.60 bits per heavy atom. The average molecular weight is 898 g/mol. The molecule has 3 aromatic carbocycles. The van der Waals surface area contributed by atoms with Crippen LogP contribution in [0, 0.1) is 11.7 Å². The lowest BCUT2D eigenvalue weighted by molar-refractivity contribution is -0.139. The minimum Gasteiger partial charge on any atom is -0.480 e. The van der Waals surface area contributed by atoms with Gasteiger partial charge < -0.3 is 47.9 Å². The zero-order chi connectivity index (χ0) is 47.6. The third-order valence-electron chi connectivity index (χ3n) is 9.88. The molecule has 0 aliphatic heterocycles. The van der Waals surface area contributed by atoms with Crippen molar-refractivity contribution in [3.63, 3.8) is 0 Å². The summed E-state index contributed by atoms with van der Waals surface area (Å²) in [7, 11) is 0. The van der Waals surface area contributed by atoms with Crippen LogP contribution in [0.3, 0.4) is 0 Å². The van der Waals surface area contributed by atoms with Gasteiger partial charge in [-0.3, -0.25) is 19.2 Å². The highest BCUT2D eigenvalue weighted by molar-refractivity contribution is 6.03. The van der Waals surface area contributed by atoms with Gasteiger partial charge in [0, 0.05) is 23.4 Å². The van der Waals surface area contributed by atoms with E-state index in [1.807, 2.05) is 0 Å². The summed E-state index contributed by atoms with van der Waals surface area (Å²) in [5, 5.41) is 36.8. The number of ether oxygens (including phenoxy) is 1. The van der Waals surface area contributed by atoms with E-state index in [0.717, 1.165) is 5.56 Å². The van der Waals surface area contributed by atoms with Crippen molar-refractivity contribution in [2.24, 2.45) is 5.92 Å². The highest BCUT2D eigenvalue weighted by Crippen LogP contribution is 2.27. The maximum Gasteiger partial charge on any atom is 0.408 e. The number of aryl methyl sites for hydroxylation is 2. The van der Waals surface area contributed by atoms with Gasteiger partial charge in [-0.1, -0.05) is 32.0 Å². The number of anilines is 3. The molecule has 11 N–H and O–H groups in total. The van der Waals surface area contributed by atoms with Crippen LogP contribution in [-0.4, -0.2) is 102 Å². The highest BCUT2D eigenvalue weighted by atomic mass is 19.1. The van der Waals surface area contributed by atoms with Crippen LogP contribution in [0.2, 0.25) is 0 Å². The number of aliphatic carboxylic acids is 1. The molecular weight excluding hydrogens is 846 g/mol. The molecule has 0 radical (unpaired) electrons. The Labute approximate surface area is 372 Å². The van der Waals surface area contributed by atoms with Gasteiger partial charge in [-0.25, -0.2) is 19.0 Å². The zero-order valence-corrected chi connectivity index (χ0v) is 36.6. The van der Waals surface area contributed by atoms with Gasteiger partial charge in [0.05, 0.1) is 16.5 Å². The molecule has 0 fully saturated rings. The van der Waals surface area contributed by atoms with E-state index >= 15 is 4.39 Å². The van der Waals surface area contributed by atoms with Gasteiger partial charge in [-0.2, -0.15) is 10.2 Å². The van der Waals surface area contributed by atoms with Gasteiger partial charge in [-0.15, -0.1) is 10.2 Å². The SMILES string of the molecule is CC(NC(=O)C(NC(=O)OC(C)(C)C)C(C)C)C(=O)Nc1ccc(C(=O)NCCCC(NC(=O)c2ccc(CCc3ccc4nc(N)nc(N)c4c3F)cc2)C(=O)O)c(-c2nn[nH]n2)c1. The van der Waals surface area contributed by atoms with Gasteiger partial charge in [0.2, 0.25) is 23.6 Å². The number of rotatable bonds is 18. The summed E-state index contributed by atoms with van der Waals surface area (Å²) in [6.45, 7) is 10.0. The Kier molecular flexibility index (Phi) is 15.6. The van der Waals surface area contributed by atoms with E-state index < -0.39 is 65.2 Å². The number of H-pyrrole nitrogens is 1. The first-order valence-electron chi connectivity index (χ1n) is 20.6. The number of aromatic amines is 1. The van der Waals surface area contributed by atoms with E-state index in [1.165, 1.54) is 25.1 Å². The molecule has 65 heavy (non-hydrogen) atoms. The number of amides is 5. The molecule has 0 saturated heterocycles. The molecule has 3 unspecified atom stereocenters. The number of hydrogen-bond acceptors (Lipinski definition) is 14. The second kappa shape index (κ2) is 21.1. The van der Waals surface area contributed by atoms with Crippen molar-refractivity contribution >= 4 is 64.0 Å². The van der Waals surface area contributed by atoms with Gasteiger partial charge in [0.1, 0.15) is 35.4 Å². The Hall–Kier alpha value is -7.78. The van der Waals surface area contributed by atoms with Crippen molar-refractivity contribution in [3.05, 3.63) is 82.7 Å². The van der Waals surface area contributed by atoms with Gasteiger partial charge in [0.25, 0.3) is 11.8 Å². The topological polar surface area (TPSA) is 324 Å². The van der Waals surface area contributed by atoms with Gasteiger partial charge in [-0.05, 0) is 112 Å². The second-order valence-corrected chi connectivity index (χ2v) is 16.4. The Balaban J connectivity index is 1.13. The fraction of sp³-hybridized carbons (Fsp3) is 0.372. The number of aromatic nitrogens is 6. The lowest BCUT2D eigenvalue weighted by atomic mass is 10.0. The fourth-order valence-corrected chi connectivity index (χ4v) is 6.54. The lowest BCUT2D eigenvalue weighted by Gasteiger charge is -2.26. The number of carboxylic acids is 1. The number of nitrogens with zero attached hydrogens (tertiary/aromatic N) is 5. The molecule has 344 valence electrons. The van der Waals surface area contributed by atoms with Crippen LogP contribution in [0.25, 0.3) is 22.3 Å². The number of hydrogen-bond donors (Lipinski definition) is 9. The molecule has 2 aromatic heterocycles.